The lowest BCUT2D eigenvalue weighted by atomic mass is 9.56. The van der Waals surface area contributed by atoms with E-state index in [1.165, 1.54) is 5.56 Å². The van der Waals surface area contributed by atoms with Crippen molar-refractivity contribution in [3.63, 3.8) is 0 Å². The molecule has 1 aliphatic carbocycles. The quantitative estimate of drug-likeness (QED) is 0.635. The summed E-state index contributed by atoms with van der Waals surface area (Å²) in [7, 11) is 0. The molecule has 5 heteroatoms. The minimum atomic E-state index is -0.580. The second kappa shape index (κ2) is 8.86. The van der Waals surface area contributed by atoms with Gasteiger partial charge in [0, 0.05) is 22.7 Å². The Morgan fingerprint density at radius 2 is 2.12 bits per heavy atom. The Hall–Kier alpha value is -2.40. The Balaban J connectivity index is 1.62. The maximum absolute atomic E-state index is 12.9. The summed E-state index contributed by atoms with van der Waals surface area (Å²) in [4.78, 5) is 17.2. The van der Waals surface area contributed by atoms with Gasteiger partial charge in [0.25, 0.3) is 5.91 Å². The van der Waals surface area contributed by atoms with E-state index in [1.54, 1.807) is 6.20 Å². The van der Waals surface area contributed by atoms with Crippen LogP contribution in [0.2, 0.25) is 0 Å². The van der Waals surface area contributed by atoms with Gasteiger partial charge in [0.05, 0.1) is 23.6 Å². The molecule has 0 unspecified atom stereocenters. The zero-order valence-corrected chi connectivity index (χ0v) is 19.8. The van der Waals surface area contributed by atoms with E-state index in [0.29, 0.717) is 24.0 Å². The molecule has 1 fully saturated rings. The fourth-order valence-corrected chi connectivity index (χ4v) is 6.07. The number of rotatable bonds is 5. The van der Waals surface area contributed by atoms with Crippen LogP contribution in [0.4, 0.5) is 5.69 Å². The van der Waals surface area contributed by atoms with E-state index in [2.05, 4.69) is 37.1 Å². The number of ether oxygens (including phenoxy) is 1. The lowest BCUT2D eigenvalue weighted by Gasteiger charge is -2.50. The molecule has 172 valence electrons. The van der Waals surface area contributed by atoms with Gasteiger partial charge in [0.15, 0.2) is 0 Å². The summed E-state index contributed by atoms with van der Waals surface area (Å²) in [6, 6.07) is 9.58. The van der Waals surface area contributed by atoms with Crippen LogP contribution in [-0.2, 0) is 5.41 Å². The first-order valence-corrected chi connectivity index (χ1v) is 12.0. The van der Waals surface area contributed by atoms with Crippen molar-refractivity contribution in [2.24, 2.45) is 11.8 Å². The van der Waals surface area contributed by atoms with Gasteiger partial charge in [-0.3, -0.25) is 9.78 Å². The van der Waals surface area contributed by atoms with Crippen molar-refractivity contribution in [1.82, 2.24) is 4.98 Å². The monoisotopic (exact) mass is 436 g/mol. The van der Waals surface area contributed by atoms with E-state index in [1.807, 2.05) is 31.2 Å². The normalized spacial score (nSPS) is 27.1. The third kappa shape index (κ3) is 4.27. The van der Waals surface area contributed by atoms with Crippen molar-refractivity contribution < 1.29 is 14.6 Å². The van der Waals surface area contributed by atoms with E-state index < -0.39 is 5.60 Å². The summed E-state index contributed by atoms with van der Waals surface area (Å²) in [5.74, 6) is 1.52. The van der Waals surface area contributed by atoms with Crippen LogP contribution in [0.3, 0.4) is 0 Å². The summed E-state index contributed by atoms with van der Waals surface area (Å²) < 4.78 is 6.21. The molecule has 0 radical (unpaired) electrons. The van der Waals surface area contributed by atoms with Crippen LogP contribution < -0.4 is 10.1 Å². The average Bonchev–Trinajstić information content (AvgIpc) is 2.90. The van der Waals surface area contributed by atoms with Crippen molar-refractivity contribution >= 4 is 11.6 Å². The Morgan fingerprint density at radius 3 is 2.84 bits per heavy atom. The van der Waals surface area contributed by atoms with E-state index in [-0.39, 0.29) is 11.3 Å². The van der Waals surface area contributed by atoms with Crippen LogP contribution in [0.25, 0.3) is 0 Å². The molecule has 1 saturated carbocycles. The van der Waals surface area contributed by atoms with Crippen LogP contribution >= 0.6 is 0 Å². The van der Waals surface area contributed by atoms with Gasteiger partial charge in [0.1, 0.15) is 5.75 Å². The van der Waals surface area contributed by atoms with Crippen LogP contribution in [0.15, 0.2) is 36.5 Å². The highest BCUT2D eigenvalue weighted by Crippen LogP contribution is 2.55. The zero-order chi connectivity index (χ0) is 22.9. The SMILES string of the molecule is CC[C@]12CC[C@@](O)(CC(C)C)C[C@H]1CCOc1cc(C(=O)Nc3cccnc3C)ccc12. The van der Waals surface area contributed by atoms with Gasteiger partial charge in [-0.05, 0) is 81.5 Å². The third-order valence-corrected chi connectivity index (χ3v) is 7.62. The Labute approximate surface area is 191 Å². The number of nitrogens with one attached hydrogen (secondary N) is 1. The largest absolute Gasteiger partial charge is 0.493 e. The predicted octanol–water partition coefficient (Wildman–Crippen LogP) is 5.65. The van der Waals surface area contributed by atoms with Crippen molar-refractivity contribution in [2.75, 3.05) is 11.9 Å². The lowest BCUT2D eigenvalue weighted by Crippen LogP contribution is -2.48. The first-order chi connectivity index (χ1) is 15.3. The first kappa shape index (κ1) is 22.8. The topological polar surface area (TPSA) is 71.5 Å². The number of amides is 1. The Bertz CT molecular complexity index is 989. The van der Waals surface area contributed by atoms with Gasteiger partial charge in [-0.1, -0.05) is 26.8 Å². The molecule has 5 nitrogen and oxygen atoms in total. The lowest BCUT2D eigenvalue weighted by molar-refractivity contribution is -0.0612. The number of carbonyl (C=O) groups excluding carboxylic acids is 1. The molecule has 1 aromatic heterocycles. The molecule has 0 saturated heterocycles. The summed E-state index contributed by atoms with van der Waals surface area (Å²) >= 11 is 0. The molecule has 0 bridgehead atoms. The van der Waals surface area contributed by atoms with Gasteiger partial charge in [0.2, 0.25) is 0 Å². The molecule has 2 N–H and O–H groups in total. The van der Waals surface area contributed by atoms with Gasteiger partial charge in [-0.15, -0.1) is 0 Å². The highest BCUT2D eigenvalue weighted by atomic mass is 16.5. The molecule has 2 aliphatic rings. The van der Waals surface area contributed by atoms with Crippen molar-refractivity contribution in [3.05, 3.63) is 53.3 Å². The first-order valence-electron chi connectivity index (χ1n) is 12.0. The number of carbonyl (C=O) groups is 1. The number of anilines is 1. The van der Waals surface area contributed by atoms with Crippen LogP contribution in [-0.4, -0.2) is 28.2 Å². The molecular weight excluding hydrogens is 400 g/mol. The Kier molecular flexibility index (Phi) is 6.30. The zero-order valence-electron chi connectivity index (χ0n) is 19.8. The number of pyridine rings is 1. The van der Waals surface area contributed by atoms with Crippen molar-refractivity contribution in [2.45, 2.75) is 77.2 Å². The van der Waals surface area contributed by atoms with Crippen LogP contribution in [0.5, 0.6) is 5.75 Å². The number of nitrogens with zero attached hydrogens (tertiary/aromatic N) is 1. The van der Waals surface area contributed by atoms with Crippen molar-refractivity contribution in [1.29, 1.82) is 0 Å². The molecular formula is C27H36N2O3. The van der Waals surface area contributed by atoms with E-state index >= 15 is 0 Å². The number of hydrogen-bond acceptors (Lipinski definition) is 4. The standard InChI is InChI=1S/C27H36N2O3/c1-5-27-12-11-26(31,16-18(2)3)17-21(27)10-14-32-24-15-20(8-9-22(24)27)25(30)29-23-7-6-13-28-19(23)4/h6-9,13,15,18,21,31H,5,10-12,14,16-17H2,1-4H3,(H,29,30)/t21-,26-,27+/m1/s1. The van der Waals surface area contributed by atoms with Gasteiger partial charge < -0.3 is 15.2 Å². The second-order valence-electron chi connectivity index (χ2n) is 10.2. The summed E-state index contributed by atoms with van der Waals surface area (Å²) in [5.41, 5.74) is 2.70. The molecule has 0 spiro atoms. The summed E-state index contributed by atoms with van der Waals surface area (Å²) in [6.07, 6.45) is 7.10. The van der Waals surface area contributed by atoms with Crippen LogP contribution in [0.1, 0.15) is 80.9 Å². The van der Waals surface area contributed by atoms with Gasteiger partial charge in [-0.25, -0.2) is 0 Å². The third-order valence-electron chi connectivity index (χ3n) is 7.62. The summed E-state index contributed by atoms with van der Waals surface area (Å²) in [6.45, 7) is 9.12. The molecule has 1 amide bonds. The number of benzene rings is 1. The van der Waals surface area contributed by atoms with Gasteiger partial charge >= 0.3 is 0 Å². The number of aliphatic hydroxyl groups is 1. The molecule has 2 aromatic rings. The maximum Gasteiger partial charge on any atom is 0.255 e. The number of aryl methyl sites for hydroxylation is 1. The smallest absolute Gasteiger partial charge is 0.255 e. The van der Waals surface area contributed by atoms with E-state index in [4.69, 9.17) is 4.74 Å². The number of fused-ring (bicyclic) bond motifs is 3. The van der Waals surface area contributed by atoms with Crippen molar-refractivity contribution in [3.8, 4) is 5.75 Å². The molecule has 1 aromatic carbocycles. The second-order valence-corrected chi connectivity index (χ2v) is 10.2. The average molecular weight is 437 g/mol. The Morgan fingerprint density at radius 1 is 1.31 bits per heavy atom. The molecule has 1 aliphatic heterocycles. The highest BCUT2D eigenvalue weighted by molar-refractivity contribution is 6.04. The summed E-state index contributed by atoms with van der Waals surface area (Å²) in [5, 5.41) is 14.3. The minimum Gasteiger partial charge on any atom is -0.493 e. The fourth-order valence-electron chi connectivity index (χ4n) is 6.07. The number of aromatic nitrogens is 1. The maximum atomic E-state index is 12.9. The highest BCUT2D eigenvalue weighted by Gasteiger charge is 2.50. The molecule has 4 rings (SSSR count). The van der Waals surface area contributed by atoms with E-state index in [0.717, 1.165) is 55.7 Å². The van der Waals surface area contributed by atoms with Gasteiger partial charge in [-0.2, -0.15) is 0 Å². The fraction of sp³-hybridized carbons (Fsp3) is 0.556. The predicted molar refractivity (Wildman–Crippen MR) is 127 cm³/mol. The molecule has 32 heavy (non-hydrogen) atoms. The van der Waals surface area contributed by atoms with Crippen LogP contribution in [0, 0.1) is 18.8 Å². The molecule has 2 heterocycles. The molecule has 3 atom stereocenters. The van der Waals surface area contributed by atoms with E-state index in [9.17, 15) is 9.90 Å². The minimum absolute atomic E-state index is 0.00993. The number of hydrogen-bond donors (Lipinski definition) is 2.